The van der Waals surface area contributed by atoms with Crippen LogP contribution in [0.3, 0.4) is 0 Å². The number of pyridine rings is 1. The minimum absolute atomic E-state index is 0.0974. The number of nitrogens with one attached hydrogen (secondary N) is 1. The lowest BCUT2D eigenvalue weighted by molar-refractivity contribution is 0.266. The monoisotopic (exact) mass is 250 g/mol. The Labute approximate surface area is 111 Å². The number of aryl methyl sites for hydroxylation is 1. The van der Waals surface area contributed by atoms with Gasteiger partial charge in [0.1, 0.15) is 5.75 Å². The third-order valence-corrected chi connectivity index (χ3v) is 2.46. The third-order valence-electron chi connectivity index (χ3n) is 2.46. The maximum absolute atomic E-state index is 5.86. The maximum Gasteiger partial charge on any atom is 0.127 e. The van der Waals surface area contributed by atoms with Gasteiger partial charge in [-0.3, -0.25) is 4.98 Å². The zero-order chi connectivity index (χ0) is 13.8. The molecule has 0 aliphatic carbocycles. The van der Waals surface area contributed by atoms with E-state index in [2.05, 4.69) is 44.9 Å². The summed E-state index contributed by atoms with van der Waals surface area (Å²) in [4.78, 5) is 4.35. The van der Waals surface area contributed by atoms with Gasteiger partial charge < -0.3 is 10.1 Å². The summed E-state index contributed by atoms with van der Waals surface area (Å²) in [6, 6.07) is 2.02. The molecule has 1 aromatic rings. The fourth-order valence-electron chi connectivity index (χ4n) is 1.45. The van der Waals surface area contributed by atoms with Gasteiger partial charge in [-0.2, -0.15) is 0 Å². The van der Waals surface area contributed by atoms with Crippen molar-refractivity contribution >= 4 is 0 Å². The van der Waals surface area contributed by atoms with Crippen molar-refractivity contribution < 1.29 is 4.74 Å². The fourth-order valence-corrected chi connectivity index (χ4v) is 1.45. The highest BCUT2D eigenvalue weighted by molar-refractivity contribution is 5.32. The molecule has 1 rings (SSSR count). The molecular weight excluding hydrogens is 224 g/mol. The Morgan fingerprint density at radius 3 is 2.56 bits per heavy atom. The second kappa shape index (κ2) is 6.19. The van der Waals surface area contributed by atoms with Crippen molar-refractivity contribution in [2.75, 3.05) is 6.61 Å². The summed E-state index contributed by atoms with van der Waals surface area (Å²) in [6.45, 7) is 14.3. The topological polar surface area (TPSA) is 34.1 Å². The second-order valence-electron chi connectivity index (χ2n) is 6.24. The van der Waals surface area contributed by atoms with Crippen LogP contribution in [0.15, 0.2) is 12.3 Å². The highest BCUT2D eigenvalue weighted by Crippen LogP contribution is 2.20. The molecule has 0 fully saturated rings. The van der Waals surface area contributed by atoms with Gasteiger partial charge in [0.2, 0.25) is 0 Å². The minimum Gasteiger partial charge on any atom is -0.493 e. The van der Waals surface area contributed by atoms with Crippen LogP contribution in [0.25, 0.3) is 0 Å². The molecule has 0 bridgehead atoms. The van der Waals surface area contributed by atoms with E-state index in [1.54, 1.807) is 0 Å². The second-order valence-corrected chi connectivity index (χ2v) is 6.24. The van der Waals surface area contributed by atoms with E-state index in [9.17, 15) is 0 Å². The van der Waals surface area contributed by atoms with Crippen molar-refractivity contribution in [2.45, 2.75) is 53.6 Å². The van der Waals surface area contributed by atoms with Crippen LogP contribution in [0.2, 0.25) is 0 Å². The summed E-state index contributed by atoms with van der Waals surface area (Å²) in [5.41, 5.74) is 2.21. The Kier molecular flexibility index (Phi) is 5.15. The van der Waals surface area contributed by atoms with Gasteiger partial charge in [0.25, 0.3) is 0 Å². The molecule has 1 aromatic heterocycles. The lowest BCUT2D eigenvalue weighted by atomic mass is 10.1. The zero-order valence-corrected chi connectivity index (χ0v) is 12.5. The van der Waals surface area contributed by atoms with Crippen LogP contribution in [0, 0.1) is 12.8 Å². The van der Waals surface area contributed by atoms with Crippen molar-refractivity contribution in [1.82, 2.24) is 10.3 Å². The summed E-state index contributed by atoms with van der Waals surface area (Å²) in [7, 11) is 0. The molecule has 102 valence electrons. The minimum atomic E-state index is 0.0974. The molecule has 0 aliphatic heterocycles. The molecule has 0 saturated carbocycles. The predicted octanol–water partition coefficient (Wildman–Crippen LogP) is 3.31. The fraction of sp³-hybridized carbons (Fsp3) is 0.667. The highest BCUT2D eigenvalue weighted by atomic mass is 16.5. The van der Waals surface area contributed by atoms with Crippen LogP contribution in [0.4, 0.5) is 0 Å². The molecule has 0 saturated heterocycles. The van der Waals surface area contributed by atoms with E-state index in [1.165, 1.54) is 0 Å². The van der Waals surface area contributed by atoms with Crippen LogP contribution in [0.1, 0.15) is 45.9 Å². The number of hydrogen-bond acceptors (Lipinski definition) is 3. The molecule has 3 heteroatoms. The van der Waals surface area contributed by atoms with Gasteiger partial charge in [-0.05, 0) is 33.6 Å². The molecule has 0 aromatic carbocycles. The molecule has 0 unspecified atom stereocenters. The first-order chi connectivity index (χ1) is 8.28. The van der Waals surface area contributed by atoms with Crippen LogP contribution >= 0.6 is 0 Å². The SMILES string of the molecule is Cc1cc(OCC(C)C)c(CNC(C)(C)C)cn1. The number of aromatic nitrogens is 1. The molecule has 0 amide bonds. The van der Waals surface area contributed by atoms with Crippen molar-refractivity contribution in [2.24, 2.45) is 5.92 Å². The van der Waals surface area contributed by atoms with Gasteiger partial charge in [0.15, 0.2) is 0 Å². The van der Waals surface area contributed by atoms with E-state index in [0.29, 0.717) is 5.92 Å². The molecule has 3 nitrogen and oxygen atoms in total. The first kappa shape index (κ1) is 15.0. The number of ether oxygens (including phenoxy) is 1. The van der Waals surface area contributed by atoms with E-state index in [4.69, 9.17) is 4.74 Å². The molecule has 1 N–H and O–H groups in total. The van der Waals surface area contributed by atoms with Gasteiger partial charge in [0, 0.05) is 35.6 Å². The van der Waals surface area contributed by atoms with E-state index >= 15 is 0 Å². The number of nitrogens with zero attached hydrogens (tertiary/aromatic N) is 1. The third kappa shape index (κ3) is 5.50. The molecule has 0 spiro atoms. The van der Waals surface area contributed by atoms with Crippen molar-refractivity contribution in [3.63, 3.8) is 0 Å². The lowest BCUT2D eigenvalue weighted by Gasteiger charge is -2.22. The Morgan fingerprint density at radius 1 is 1.33 bits per heavy atom. The summed E-state index contributed by atoms with van der Waals surface area (Å²) in [5.74, 6) is 1.48. The van der Waals surface area contributed by atoms with Crippen LogP contribution < -0.4 is 10.1 Å². The van der Waals surface area contributed by atoms with E-state index < -0.39 is 0 Å². The smallest absolute Gasteiger partial charge is 0.127 e. The average Bonchev–Trinajstić information content (AvgIpc) is 2.23. The highest BCUT2D eigenvalue weighted by Gasteiger charge is 2.12. The van der Waals surface area contributed by atoms with Crippen molar-refractivity contribution in [1.29, 1.82) is 0 Å². The van der Waals surface area contributed by atoms with Gasteiger partial charge in [0.05, 0.1) is 6.61 Å². The van der Waals surface area contributed by atoms with Gasteiger partial charge in [-0.25, -0.2) is 0 Å². The van der Waals surface area contributed by atoms with Gasteiger partial charge >= 0.3 is 0 Å². The van der Waals surface area contributed by atoms with Crippen molar-refractivity contribution in [3.8, 4) is 5.75 Å². The first-order valence-corrected chi connectivity index (χ1v) is 6.61. The quantitative estimate of drug-likeness (QED) is 0.870. The van der Waals surface area contributed by atoms with Crippen molar-refractivity contribution in [3.05, 3.63) is 23.5 Å². The maximum atomic E-state index is 5.86. The van der Waals surface area contributed by atoms with E-state index in [0.717, 1.165) is 30.2 Å². The van der Waals surface area contributed by atoms with Crippen LogP contribution in [0.5, 0.6) is 5.75 Å². The summed E-state index contributed by atoms with van der Waals surface area (Å²) in [6.07, 6.45) is 1.91. The molecule has 18 heavy (non-hydrogen) atoms. The van der Waals surface area contributed by atoms with Gasteiger partial charge in [-0.1, -0.05) is 13.8 Å². The Morgan fingerprint density at radius 2 is 2.00 bits per heavy atom. The van der Waals surface area contributed by atoms with Crippen LogP contribution in [-0.4, -0.2) is 17.1 Å². The predicted molar refractivity (Wildman–Crippen MR) is 75.9 cm³/mol. The number of hydrogen-bond donors (Lipinski definition) is 1. The Bertz CT molecular complexity index is 381. The Balaban J connectivity index is 2.76. The Hall–Kier alpha value is -1.09. The molecule has 0 aliphatic rings. The average molecular weight is 250 g/mol. The number of rotatable bonds is 5. The van der Waals surface area contributed by atoms with Crippen LogP contribution in [-0.2, 0) is 6.54 Å². The first-order valence-electron chi connectivity index (χ1n) is 6.61. The molecular formula is C15H26N2O. The van der Waals surface area contributed by atoms with E-state index in [1.807, 2.05) is 19.2 Å². The summed E-state index contributed by atoms with van der Waals surface area (Å²) >= 11 is 0. The summed E-state index contributed by atoms with van der Waals surface area (Å²) < 4.78 is 5.86. The van der Waals surface area contributed by atoms with E-state index in [-0.39, 0.29) is 5.54 Å². The zero-order valence-electron chi connectivity index (χ0n) is 12.5. The summed E-state index contributed by atoms with van der Waals surface area (Å²) in [5, 5.41) is 3.47. The standard InChI is InChI=1S/C15H26N2O/c1-11(2)10-18-14-7-12(3)16-8-13(14)9-17-15(4,5)6/h7-8,11,17H,9-10H2,1-6H3. The normalized spacial score (nSPS) is 11.9. The molecule has 1 heterocycles. The largest absolute Gasteiger partial charge is 0.493 e. The lowest BCUT2D eigenvalue weighted by Crippen LogP contribution is -2.35. The van der Waals surface area contributed by atoms with Gasteiger partial charge in [-0.15, -0.1) is 0 Å². The molecule has 0 radical (unpaired) electrons. The molecule has 0 atom stereocenters.